The van der Waals surface area contributed by atoms with Crippen LogP contribution in [0, 0.1) is 0 Å². The molecule has 0 spiro atoms. The quantitative estimate of drug-likeness (QED) is 0.338. The minimum atomic E-state index is -3.78. The van der Waals surface area contributed by atoms with Crippen LogP contribution < -0.4 is 9.60 Å². The van der Waals surface area contributed by atoms with Crippen molar-refractivity contribution in [2.24, 2.45) is 0 Å². The number of thiazole rings is 1. The number of aromatic nitrogens is 1. The molecule has 0 amide bonds. The third kappa shape index (κ3) is 5.13. The molecular weight excluding hydrogens is 488 g/mol. The summed E-state index contributed by atoms with van der Waals surface area (Å²) in [6, 6.07) is 19.7. The number of nitrogens with zero attached hydrogens (tertiary/aromatic N) is 1. The molecule has 0 fully saturated rings. The van der Waals surface area contributed by atoms with Gasteiger partial charge in [0, 0.05) is 11.1 Å². The number of hydrogen-bond donors (Lipinski definition) is 1. The first-order valence-corrected chi connectivity index (χ1v) is 13.6. The van der Waals surface area contributed by atoms with Crippen LogP contribution in [0.4, 0.5) is 0 Å². The van der Waals surface area contributed by atoms with Gasteiger partial charge < -0.3 is 0 Å². The molecule has 0 saturated heterocycles. The topological polar surface area (TPSA) is 68.2 Å². The summed E-state index contributed by atoms with van der Waals surface area (Å²) in [5, 5.41) is 0.585. The van der Waals surface area contributed by atoms with Gasteiger partial charge in [-0.2, -0.15) is 0 Å². The fourth-order valence-electron chi connectivity index (χ4n) is 3.80. The first-order chi connectivity index (χ1) is 16.0. The summed E-state index contributed by atoms with van der Waals surface area (Å²) in [5.74, 6) is 0. The average molecular weight is 515 g/mol. The molecule has 178 valence electrons. The van der Waals surface area contributed by atoms with E-state index in [0.29, 0.717) is 21.8 Å². The van der Waals surface area contributed by atoms with E-state index in [0.717, 1.165) is 22.5 Å². The van der Waals surface area contributed by atoms with Gasteiger partial charge in [-0.15, -0.1) is 0 Å². The Morgan fingerprint density at radius 3 is 2.35 bits per heavy atom. The third-order valence-corrected chi connectivity index (χ3v) is 8.69. The van der Waals surface area contributed by atoms with Crippen LogP contribution in [0.25, 0.3) is 10.2 Å². The second-order valence-corrected chi connectivity index (χ2v) is 12.5. The van der Waals surface area contributed by atoms with Crippen molar-refractivity contribution in [1.29, 1.82) is 0 Å². The maximum Gasteiger partial charge on any atom is 0.308 e. The van der Waals surface area contributed by atoms with E-state index >= 15 is 0 Å². The zero-order valence-corrected chi connectivity index (χ0v) is 21.9. The Morgan fingerprint density at radius 2 is 1.71 bits per heavy atom. The normalized spacial score (nSPS) is 13.3. The van der Waals surface area contributed by atoms with E-state index in [1.165, 1.54) is 11.6 Å². The zero-order valence-electron chi connectivity index (χ0n) is 19.5. The SMILES string of the molecule is CC(NS(=O)(=O)c1ccc2c(c1)sc(=O)n2Cc1ccccc1Cl)c1ccc(C(C)(C)C)cc1. The second-order valence-electron chi connectivity index (χ2n) is 9.39. The highest BCUT2D eigenvalue weighted by Crippen LogP contribution is 2.27. The molecule has 0 bridgehead atoms. The molecule has 3 aromatic carbocycles. The van der Waals surface area contributed by atoms with E-state index in [9.17, 15) is 13.2 Å². The Bertz CT molecular complexity index is 1500. The van der Waals surface area contributed by atoms with Crippen LogP contribution in [0.1, 0.15) is 50.4 Å². The van der Waals surface area contributed by atoms with E-state index < -0.39 is 16.1 Å². The van der Waals surface area contributed by atoms with Crippen LogP contribution in [-0.2, 0) is 22.0 Å². The smallest absolute Gasteiger partial charge is 0.294 e. The maximum atomic E-state index is 13.1. The Balaban J connectivity index is 1.59. The number of sulfonamides is 1. The lowest BCUT2D eigenvalue weighted by Crippen LogP contribution is -2.27. The lowest BCUT2D eigenvalue weighted by molar-refractivity contribution is 0.566. The number of halogens is 1. The summed E-state index contributed by atoms with van der Waals surface area (Å²) in [4.78, 5) is 12.6. The maximum absolute atomic E-state index is 13.1. The van der Waals surface area contributed by atoms with Gasteiger partial charge in [0.05, 0.1) is 21.7 Å². The second kappa shape index (κ2) is 9.30. The Morgan fingerprint density at radius 1 is 1.03 bits per heavy atom. The van der Waals surface area contributed by atoms with Crippen molar-refractivity contribution in [2.75, 3.05) is 0 Å². The summed E-state index contributed by atoms with van der Waals surface area (Å²) < 4.78 is 31.2. The predicted molar refractivity (Wildman–Crippen MR) is 141 cm³/mol. The van der Waals surface area contributed by atoms with Crippen molar-refractivity contribution in [3.05, 3.63) is 98.1 Å². The summed E-state index contributed by atoms with van der Waals surface area (Å²) in [7, 11) is -3.78. The molecule has 0 aliphatic rings. The fraction of sp³-hybridized carbons (Fsp3) is 0.269. The van der Waals surface area contributed by atoms with Gasteiger partial charge in [-0.25, -0.2) is 13.1 Å². The van der Waals surface area contributed by atoms with Crippen LogP contribution >= 0.6 is 22.9 Å². The van der Waals surface area contributed by atoms with E-state index in [2.05, 4.69) is 25.5 Å². The third-order valence-electron chi connectivity index (χ3n) is 5.84. The Hall–Kier alpha value is -2.45. The molecule has 1 aromatic heterocycles. The molecule has 5 nitrogen and oxygen atoms in total. The number of hydrogen-bond acceptors (Lipinski definition) is 4. The first kappa shape index (κ1) is 24.7. The monoisotopic (exact) mass is 514 g/mol. The van der Waals surface area contributed by atoms with Crippen molar-refractivity contribution in [1.82, 2.24) is 9.29 Å². The van der Waals surface area contributed by atoms with E-state index in [1.807, 2.05) is 49.4 Å². The first-order valence-electron chi connectivity index (χ1n) is 11.0. The average Bonchev–Trinajstić information content (AvgIpc) is 3.09. The molecule has 0 radical (unpaired) electrons. The molecule has 34 heavy (non-hydrogen) atoms. The number of rotatable bonds is 6. The summed E-state index contributed by atoms with van der Waals surface area (Å²) in [6.07, 6.45) is 0. The van der Waals surface area contributed by atoms with Crippen LogP contribution in [0.15, 0.2) is 76.4 Å². The summed E-state index contributed by atoms with van der Waals surface area (Å²) in [6.45, 7) is 8.56. The molecule has 4 aromatic rings. The van der Waals surface area contributed by atoms with Gasteiger partial charge in [0.1, 0.15) is 0 Å². The molecule has 1 unspecified atom stereocenters. The van der Waals surface area contributed by atoms with Gasteiger partial charge in [-0.05, 0) is 53.3 Å². The predicted octanol–water partition coefficient (Wildman–Crippen LogP) is 6.10. The zero-order chi connectivity index (χ0) is 24.7. The van der Waals surface area contributed by atoms with Crippen molar-refractivity contribution < 1.29 is 8.42 Å². The van der Waals surface area contributed by atoms with Gasteiger partial charge in [0.2, 0.25) is 10.0 Å². The molecular formula is C26H27ClN2O3S2. The van der Waals surface area contributed by atoms with E-state index in [4.69, 9.17) is 11.6 Å². The van der Waals surface area contributed by atoms with E-state index in [-0.39, 0.29) is 15.2 Å². The van der Waals surface area contributed by atoms with Crippen LogP contribution in [0.2, 0.25) is 5.02 Å². The summed E-state index contributed by atoms with van der Waals surface area (Å²) >= 11 is 7.29. The summed E-state index contributed by atoms with van der Waals surface area (Å²) in [5.41, 5.74) is 3.61. The van der Waals surface area contributed by atoms with Gasteiger partial charge in [0.25, 0.3) is 0 Å². The molecule has 4 rings (SSSR count). The lowest BCUT2D eigenvalue weighted by Gasteiger charge is -2.20. The lowest BCUT2D eigenvalue weighted by atomic mass is 9.86. The molecule has 1 N–H and O–H groups in total. The van der Waals surface area contributed by atoms with Crippen molar-refractivity contribution in [2.45, 2.75) is 50.6 Å². The van der Waals surface area contributed by atoms with Gasteiger partial charge in [0.15, 0.2) is 0 Å². The highest BCUT2D eigenvalue weighted by atomic mass is 35.5. The van der Waals surface area contributed by atoms with Gasteiger partial charge >= 0.3 is 4.87 Å². The standard InChI is InChI=1S/C26H27ClN2O3S2/c1-17(18-9-11-20(12-10-18)26(2,3)4)28-34(31,32)21-13-14-23-24(15-21)33-25(30)29(23)16-19-7-5-6-8-22(19)27/h5-15,17,28H,16H2,1-4H3. The van der Waals surface area contributed by atoms with E-state index in [1.54, 1.807) is 22.8 Å². The van der Waals surface area contributed by atoms with Crippen LogP contribution in [0.3, 0.4) is 0 Å². The number of nitrogens with one attached hydrogen (secondary N) is 1. The van der Waals surface area contributed by atoms with Gasteiger partial charge in [-0.1, -0.05) is 86.2 Å². The largest absolute Gasteiger partial charge is 0.308 e. The van der Waals surface area contributed by atoms with Crippen LogP contribution in [-0.4, -0.2) is 13.0 Å². The number of fused-ring (bicyclic) bond motifs is 1. The molecule has 0 aliphatic carbocycles. The van der Waals surface area contributed by atoms with Crippen molar-refractivity contribution in [3.63, 3.8) is 0 Å². The van der Waals surface area contributed by atoms with Crippen LogP contribution in [0.5, 0.6) is 0 Å². The van der Waals surface area contributed by atoms with Crippen molar-refractivity contribution >= 4 is 43.2 Å². The molecule has 1 atom stereocenters. The highest BCUT2D eigenvalue weighted by molar-refractivity contribution is 7.89. The highest BCUT2D eigenvalue weighted by Gasteiger charge is 2.21. The molecule has 8 heteroatoms. The molecule has 0 saturated carbocycles. The minimum Gasteiger partial charge on any atom is -0.294 e. The minimum absolute atomic E-state index is 0.0283. The molecule has 0 aliphatic heterocycles. The van der Waals surface area contributed by atoms with Crippen molar-refractivity contribution in [3.8, 4) is 0 Å². The fourth-order valence-corrected chi connectivity index (χ4v) is 6.26. The van der Waals surface area contributed by atoms with Gasteiger partial charge in [-0.3, -0.25) is 9.36 Å². The Kier molecular flexibility index (Phi) is 6.75. The number of benzene rings is 3. The molecule has 1 heterocycles. The Labute approximate surface area is 209 Å².